The highest BCUT2D eigenvalue weighted by molar-refractivity contribution is 6.62. The minimum absolute atomic E-state index is 0.241. The number of carbonyl (C=O) groups excluding carboxylic acids is 1. The zero-order valence-corrected chi connectivity index (χ0v) is 15.3. The molecular formula is C19H23BN2O3. The molecule has 2 heterocycles. The van der Waals surface area contributed by atoms with Crippen molar-refractivity contribution in [3.8, 4) is 0 Å². The smallest absolute Gasteiger partial charge is 0.399 e. The van der Waals surface area contributed by atoms with Crippen molar-refractivity contribution in [1.29, 1.82) is 0 Å². The summed E-state index contributed by atoms with van der Waals surface area (Å²) in [5.74, 6) is -0.241. The number of aromatic nitrogens is 1. The van der Waals surface area contributed by atoms with Crippen LogP contribution in [-0.2, 0) is 9.31 Å². The van der Waals surface area contributed by atoms with Gasteiger partial charge in [-0.1, -0.05) is 18.2 Å². The second kappa shape index (κ2) is 6.28. The van der Waals surface area contributed by atoms with Gasteiger partial charge in [0.1, 0.15) is 5.69 Å². The van der Waals surface area contributed by atoms with Gasteiger partial charge in [0.15, 0.2) is 0 Å². The molecule has 6 heteroatoms. The van der Waals surface area contributed by atoms with E-state index in [1.165, 1.54) is 0 Å². The topological polar surface area (TPSA) is 60.5 Å². The van der Waals surface area contributed by atoms with Crippen molar-refractivity contribution in [3.05, 3.63) is 53.9 Å². The monoisotopic (exact) mass is 338 g/mol. The van der Waals surface area contributed by atoms with Crippen LogP contribution in [0.4, 0.5) is 5.69 Å². The number of anilines is 1. The molecule has 0 spiro atoms. The molecule has 1 N–H and O–H groups in total. The molecule has 1 fully saturated rings. The summed E-state index contributed by atoms with van der Waals surface area (Å²) in [7, 11) is -0.461. The van der Waals surface area contributed by atoms with Crippen LogP contribution in [0, 0.1) is 6.92 Å². The third-order valence-corrected chi connectivity index (χ3v) is 5.03. The van der Waals surface area contributed by atoms with Crippen LogP contribution in [0.15, 0.2) is 42.6 Å². The number of hydrogen-bond acceptors (Lipinski definition) is 4. The summed E-state index contributed by atoms with van der Waals surface area (Å²) < 4.78 is 12.3. The van der Waals surface area contributed by atoms with Crippen LogP contribution in [0.2, 0.25) is 0 Å². The Morgan fingerprint density at radius 2 is 1.72 bits per heavy atom. The first-order valence-corrected chi connectivity index (χ1v) is 8.39. The molecule has 0 bridgehead atoms. The summed E-state index contributed by atoms with van der Waals surface area (Å²) in [4.78, 5) is 16.4. The quantitative estimate of drug-likeness (QED) is 0.874. The van der Waals surface area contributed by atoms with Crippen molar-refractivity contribution in [2.45, 2.75) is 45.8 Å². The lowest BCUT2D eigenvalue weighted by Gasteiger charge is -2.32. The maximum absolute atomic E-state index is 12.4. The summed E-state index contributed by atoms with van der Waals surface area (Å²) >= 11 is 0. The lowest BCUT2D eigenvalue weighted by molar-refractivity contribution is 0.00578. The van der Waals surface area contributed by atoms with Gasteiger partial charge in [0.2, 0.25) is 0 Å². The van der Waals surface area contributed by atoms with E-state index in [2.05, 4.69) is 10.3 Å². The van der Waals surface area contributed by atoms with E-state index in [1.807, 2.05) is 52.8 Å². The van der Waals surface area contributed by atoms with Crippen molar-refractivity contribution < 1.29 is 14.1 Å². The Morgan fingerprint density at radius 1 is 1.04 bits per heavy atom. The van der Waals surface area contributed by atoms with Crippen molar-refractivity contribution in [1.82, 2.24) is 4.98 Å². The van der Waals surface area contributed by atoms with Crippen LogP contribution in [0.1, 0.15) is 43.7 Å². The maximum Gasteiger partial charge on any atom is 0.495 e. The van der Waals surface area contributed by atoms with Crippen molar-refractivity contribution in [3.63, 3.8) is 0 Å². The Bertz CT molecular complexity index is 775. The summed E-state index contributed by atoms with van der Waals surface area (Å²) in [5, 5.41) is 2.92. The average Bonchev–Trinajstić information content (AvgIpc) is 2.78. The zero-order chi connectivity index (χ0) is 18.2. The highest BCUT2D eigenvalue weighted by atomic mass is 16.7. The highest BCUT2D eigenvalue weighted by Gasteiger charge is 2.52. The first-order valence-electron chi connectivity index (χ1n) is 8.39. The van der Waals surface area contributed by atoms with Gasteiger partial charge < -0.3 is 14.6 Å². The van der Waals surface area contributed by atoms with E-state index in [0.29, 0.717) is 5.69 Å². The number of nitrogens with one attached hydrogen (secondary N) is 1. The summed E-state index contributed by atoms with van der Waals surface area (Å²) in [6, 6.07) is 11.0. The number of hydrogen-bond donors (Lipinski definition) is 1. The van der Waals surface area contributed by atoms with E-state index in [0.717, 1.165) is 16.7 Å². The minimum Gasteiger partial charge on any atom is -0.399 e. The fraction of sp³-hybridized carbons (Fsp3) is 0.368. The van der Waals surface area contributed by atoms with Gasteiger partial charge in [-0.3, -0.25) is 9.78 Å². The van der Waals surface area contributed by atoms with Gasteiger partial charge in [-0.05, 0) is 63.8 Å². The van der Waals surface area contributed by atoms with Crippen LogP contribution >= 0.6 is 0 Å². The number of nitrogens with zero attached hydrogens (tertiary/aromatic N) is 1. The molecule has 2 aromatic rings. The van der Waals surface area contributed by atoms with Gasteiger partial charge in [0, 0.05) is 11.9 Å². The predicted molar refractivity (Wildman–Crippen MR) is 99.1 cm³/mol. The standard InChI is InChI=1S/C19H23BN2O3/c1-13-14(20-24-18(2,3)19(4,5)25-20)9-8-11-15(13)22-17(23)16-10-6-7-12-21-16/h6-12H,1-5H3,(H,22,23). The van der Waals surface area contributed by atoms with Crippen LogP contribution in [0.25, 0.3) is 0 Å². The van der Waals surface area contributed by atoms with E-state index < -0.39 is 18.3 Å². The summed E-state index contributed by atoms with van der Waals surface area (Å²) in [6.07, 6.45) is 1.60. The van der Waals surface area contributed by atoms with E-state index in [9.17, 15) is 4.79 Å². The number of pyridine rings is 1. The van der Waals surface area contributed by atoms with Crippen molar-refractivity contribution >= 4 is 24.2 Å². The molecule has 1 aliphatic heterocycles. The van der Waals surface area contributed by atoms with Gasteiger partial charge in [-0.25, -0.2) is 0 Å². The SMILES string of the molecule is Cc1c(NC(=O)c2ccccn2)cccc1B1OC(C)(C)C(C)(C)O1. The number of carbonyl (C=O) groups is 1. The molecule has 0 unspecified atom stereocenters. The minimum atomic E-state index is -0.461. The van der Waals surface area contributed by atoms with E-state index >= 15 is 0 Å². The predicted octanol–water partition coefficient (Wildman–Crippen LogP) is 2.94. The lowest BCUT2D eigenvalue weighted by atomic mass is 9.76. The lowest BCUT2D eigenvalue weighted by Crippen LogP contribution is -2.41. The molecule has 1 aromatic carbocycles. The maximum atomic E-state index is 12.4. The Morgan fingerprint density at radius 3 is 2.32 bits per heavy atom. The molecule has 1 aromatic heterocycles. The number of benzene rings is 1. The van der Waals surface area contributed by atoms with Gasteiger partial charge in [0.25, 0.3) is 5.91 Å². The van der Waals surface area contributed by atoms with Crippen LogP contribution in [-0.4, -0.2) is 29.2 Å². The molecule has 130 valence electrons. The molecule has 0 atom stereocenters. The zero-order valence-electron chi connectivity index (χ0n) is 15.3. The molecule has 5 nitrogen and oxygen atoms in total. The molecule has 1 amide bonds. The highest BCUT2D eigenvalue weighted by Crippen LogP contribution is 2.37. The normalized spacial score (nSPS) is 18.2. The molecule has 1 aliphatic rings. The molecule has 25 heavy (non-hydrogen) atoms. The Balaban J connectivity index is 1.85. The van der Waals surface area contributed by atoms with E-state index in [1.54, 1.807) is 24.4 Å². The third-order valence-electron chi connectivity index (χ3n) is 5.03. The van der Waals surface area contributed by atoms with Crippen LogP contribution in [0.5, 0.6) is 0 Å². The van der Waals surface area contributed by atoms with Crippen molar-refractivity contribution in [2.24, 2.45) is 0 Å². The Hall–Kier alpha value is -2.18. The largest absolute Gasteiger partial charge is 0.495 e. The molecular weight excluding hydrogens is 315 g/mol. The van der Waals surface area contributed by atoms with Crippen molar-refractivity contribution in [2.75, 3.05) is 5.32 Å². The van der Waals surface area contributed by atoms with Gasteiger partial charge >= 0.3 is 7.12 Å². The number of rotatable bonds is 3. The molecule has 0 aliphatic carbocycles. The third kappa shape index (κ3) is 3.32. The number of amides is 1. The van der Waals surface area contributed by atoms with E-state index in [-0.39, 0.29) is 5.91 Å². The first-order chi connectivity index (χ1) is 11.7. The Kier molecular flexibility index (Phi) is 4.43. The van der Waals surface area contributed by atoms with Gasteiger partial charge in [-0.2, -0.15) is 0 Å². The van der Waals surface area contributed by atoms with Crippen LogP contribution < -0.4 is 10.8 Å². The van der Waals surface area contributed by atoms with Gasteiger partial charge in [-0.15, -0.1) is 0 Å². The average molecular weight is 338 g/mol. The molecule has 0 radical (unpaired) electrons. The fourth-order valence-electron chi connectivity index (χ4n) is 2.70. The first kappa shape index (κ1) is 17.6. The second-order valence-corrected chi connectivity index (χ2v) is 7.28. The molecule has 3 rings (SSSR count). The summed E-state index contributed by atoms with van der Waals surface area (Å²) in [5.41, 5.74) is 2.13. The second-order valence-electron chi connectivity index (χ2n) is 7.28. The summed E-state index contributed by atoms with van der Waals surface area (Å²) in [6.45, 7) is 10.0. The molecule has 1 saturated heterocycles. The van der Waals surface area contributed by atoms with Gasteiger partial charge in [0.05, 0.1) is 11.2 Å². The van der Waals surface area contributed by atoms with E-state index in [4.69, 9.17) is 9.31 Å². The molecule has 0 saturated carbocycles. The fourth-order valence-corrected chi connectivity index (χ4v) is 2.70. The van der Waals surface area contributed by atoms with Crippen LogP contribution in [0.3, 0.4) is 0 Å². The Labute approximate surface area is 148 Å².